The monoisotopic (exact) mass is 735 g/mol. The van der Waals surface area contributed by atoms with Gasteiger partial charge in [-0.1, -0.05) is 138 Å². The summed E-state index contributed by atoms with van der Waals surface area (Å²) in [5.41, 5.74) is 11.2. The summed E-state index contributed by atoms with van der Waals surface area (Å²) in [7, 11) is 5.36. The van der Waals surface area contributed by atoms with Crippen LogP contribution in [-0.2, 0) is 46.7 Å². The first kappa shape index (κ1) is 42.9. The van der Waals surface area contributed by atoms with Crippen molar-refractivity contribution in [2.75, 3.05) is 21.3 Å². The first-order valence-corrected chi connectivity index (χ1v) is 20.2. The van der Waals surface area contributed by atoms with Crippen LogP contribution in [0, 0.1) is 11.3 Å². The number of hydrogen-bond acceptors (Lipinski definition) is 4. The number of carbonyl (C=O) groups is 1. The summed E-state index contributed by atoms with van der Waals surface area (Å²) in [4.78, 5) is 12.9. The second-order valence-electron chi connectivity index (χ2n) is 18.6. The third-order valence-corrected chi connectivity index (χ3v) is 12.7. The van der Waals surface area contributed by atoms with Gasteiger partial charge < -0.3 is 14.2 Å². The van der Waals surface area contributed by atoms with Crippen LogP contribution in [0.25, 0.3) is 0 Å². The Kier molecular flexibility index (Phi) is 13.5. The molecule has 0 fully saturated rings. The first-order valence-electron chi connectivity index (χ1n) is 20.2. The maximum atomic E-state index is 12.9. The molecule has 3 aromatic rings. The van der Waals surface area contributed by atoms with E-state index in [4.69, 9.17) is 14.2 Å². The molecule has 0 N–H and O–H groups in total. The van der Waals surface area contributed by atoms with E-state index in [2.05, 4.69) is 138 Å². The van der Waals surface area contributed by atoms with Crippen molar-refractivity contribution in [1.29, 1.82) is 0 Å². The average molecular weight is 735 g/mol. The van der Waals surface area contributed by atoms with Crippen molar-refractivity contribution in [2.45, 2.75) is 144 Å². The van der Waals surface area contributed by atoms with E-state index in [1.807, 2.05) is 0 Å². The quantitative estimate of drug-likeness (QED) is 0.154. The van der Waals surface area contributed by atoms with Crippen LogP contribution in [-0.4, -0.2) is 27.6 Å². The zero-order chi connectivity index (χ0) is 40.2. The molecule has 1 atom stereocenters. The number of hydrogen-bond donors (Lipinski definition) is 0. The van der Waals surface area contributed by atoms with Gasteiger partial charge in [0.05, 0.1) is 21.3 Å². The maximum absolute atomic E-state index is 12.9. The second-order valence-corrected chi connectivity index (χ2v) is 18.6. The van der Waals surface area contributed by atoms with E-state index >= 15 is 0 Å². The zero-order valence-corrected chi connectivity index (χ0v) is 36.4. The van der Waals surface area contributed by atoms with Gasteiger partial charge in [-0.2, -0.15) is 0 Å². The van der Waals surface area contributed by atoms with E-state index in [0.29, 0.717) is 19.3 Å². The fraction of sp³-hybridized carbons (Fsp3) is 0.540. The highest BCUT2D eigenvalue weighted by Crippen LogP contribution is 2.42. The predicted octanol–water partition coefficient (Wildman–Crippen LogP) is 12.4. The molecule has 0 aromatic heterocycles. The Bertz CT molecular complexity index is 1860. The number of allylic oxidation sites excluding steroid dienone is 4. The number of fused-ring (bicyclic) bond motifs is 6. The minimum absolute atomic E-state index is 0.0150. The smallest absolute Gasteiger partial charge is 0.146 e. The van der Waals surface area contributed by atoms with Gasteiger partial charge in [0.25, 0.3) is 0 Å². The largest absolute Gasteiger partial charge is 0.496 e. The summed E-state index contributed by atoms with van der Waals surface area (Å²) in [5, 5.41) is 0. The lowest BCUT2D eigenvalue weighted by Gasteiger charge is -2.29. The molecule has 0 saturated carbocycles. The maximum Gasteiger partial charge on any atom is 0.146 e. The van der Waals surface area contributed by atoms with Gasteiger partial charge >= 0.3 is 0 Å². The minimum atomic E-state index is -0.0998. The number of rotatable bonds is 10. The van der Waals surface area contributed by atoms with Crippen LogP contribution in [0.15, 0.2) is 60.2 Å². The fourth-order valence-electron chi connectivity index (χ4n) is 7.58. The molecule has 1 aliphatic rings. The lowest BCUT2D eigenvalue weighted by molar-refractivity contribution is -0.105. The lowest BCUT2D eigenvalue weighted by Crippen LogP contribution is -2.19. The van der Waals surface area contributed by atoms with Crippen LogP contribution in [0.1, 0.15) is 152 Å². The molecule has 4 heteroatoms. The van der Waals surface area contributed by atoms with Gasteiger partial charge in [0, 0.05) is 25.2 Å². The van der Waals surface area contributed by atoms with E-state index < -0.39 is 0 Å². The van der Waals surface area contributed by atoms with Crippen molar-refractivity contribution in [3.05, 3.63) is 110 Å². The van der Waals surface area contributed by atoms with Gasteiger partial charge in [-0.05, 0) is 103 Å². The molecule has 0 amide bonds. The highest BCUT2D eigenvalue weighted by atomic mass is 16.5. The van der Waals surface area contributed by atoms with Crippen molar-refractivity contribution in [3.8, 4) is 17.2 Å². The third kappa shape index (κ3) is 9.35. The number of ether oxygens (including phenoxy) is 3. The molecule has 3 aromatic carbocycles. The Morgan fingerprint density at radius 2 is 0.889 bits per heavy atom. The molecule has 0 aliphatic heterocycles. The van der Waals surface area contributed by atoms with Crippen molar-refractivity contribution >= 4 is 6.29 Å². The topological polar surface area (TPSA) is 44.8 Å². The number of benzene rings is 3. The summed E-state index contributed by atoms with van der Waals surface area (Å²) in [6.07, 6.45) is 13.3. The second kappa shape index (κ2) is 16.9. The Balaban J connectivity index is 2.18. The van der Waals surface area contributed by atoms with Gasteiger partial charge in [-0.3, -0.25) is 4.79 Å². The molecule has 0 saturated heterocycles. The molecule has 0 heterocycles. The van der Waals surface area contributed by atoms with Crippen LogP contribution in [0.2, 0.25) is 0 Å². The Hall–Kier alpha value is -3.79. The normalized spacial score (nSPS) is 17.5. The average Bonchev–Trinajstić information content (AvgIpc) is 3.12. The van der Waals surface area contributed by atoms with Crippen molar-refractivity contribution < 1.29 is 19.0 Å². The zero-order valence-electron chi connectivity index (χ0n) is 36.4. The van der Waals surface area contributed by atoms with E-state index in [9.17, 15) is 4.79 Å². The molecule has 4 rings (SSSR count). The molecule has 6 bridgehead atoms. The molecule has 0 spiro atoms. The predicted molar refractivity (Wildman–Crippen MR) is 228 cm³/mol. The summed E-state index contributed by atoms with van der Waals surface area (Å²) < 4.78 is 19.0. The molecule has 1 unspecified atom stereocenters. The number of aldehydes is 1. The van der Waals surface area contributed by atoms with Crippen LogP contribution in [0.5, 0.6) is 17.2 Å². The summed E-state index contributed by atoms with van der Waals surface area (Å²) in [5.74, 6) is 2.72. The molecule has 294 valence electrons. The van der Waals surface area contributed by atoms with Gasteiger partial charge in [0.2, 0.25) is 0 Å². The molecular weight excluding hydrogens is 665 g/mol. The van der Waals surface area contributed by atoms with Crippen molar-refractivity contribution in [1.82, 2.24) is 0 Å². The van der Waals surface area contributed by atoms with Gasteiger partial charge in [-0.25, -0.2) is 0 Å². The van der Waals surface area contributed by atoms with Crippen molar-refractivity contribution in [3.63, 3.8) is 0 Å². The SMILES string of the molecule is CCC(C)(C)c1cc2c(OC)c(c1)Cc1cc(C(C)(C)CC)cc(c1OC)Cc1cc(C(C)(C)CC)cc(c1OC)C/C(C=O)=C\C(C(C)(C)C)/C=C\C2. The molecule has 54 heavy (non-hydrogen) atoms. The van der Waals surface area contributed by atoms with Gasteiger partial charge in [-0.15, -0.1) is 0 Å². The third-order valence-electron chi connectivity index (χ3n) is 12.7. The van der Waals surface area contributed by atoms with Gasteiger partial charge in [0.15, 0.2) is 0 Å². The van der Waals surface area contributed by atoms with Crippen LogP contribution in [0.4, 0.5) is 0 Å². The molecule has 1 aliphatic carbocycles. The van der Waals surface area contributed by atoms with Crippen LogP contribution >= 0.6 is 0 Å². The minimum Gasteiger partial charge on any atom is -0.496 e. The Labute approximate surface area is 328 Å². The summed E-state index contributed by atoms with van der Waals surface area (Å²) >= 11 is 0. The van der Waals surface area contributed by atoms with Crippen LogP contribution < -0.4 is 14.2 Å². The molecule has 0 radical (unpaired) electrons. The van der Waals surface area contributed by atoms with E-state index in [1.54, 1.807) is 21.3 Å². The lowest BCUT2D eigenvalue weighted by atomic mass is 9.77. The Morgan fingerprint density at radius 3 is 1.20 bits per heavy atom. The number of methoxy groups -OCH3 is 3. The summed E-state index contributed by atoms with van der Waals surface area (Å²) in [6, 6.07) is 14.0. The fourth-order valence-corrected chi connectivity index (χ4v) is 7.58. The van der Waals surface area contributed by atoms with E-state index in [1.165, 1.54) is 27.8 Å². The highest BCUT2D eigenvalue weighted by Gasteiger charge is 2.29. The Morgan fingerprint density at radius 1 is 0.556 bits per heavy atom. The van der Waals surface area contributed by atoms with Crippen LogP contribution in [0.3, 0.4) is 0 Å². The first-order chi connectivity index (χ1) is 25.3. The number of carbonyl (C=O) groups excluding carboxylic acids is 1. The standard InChI is InChI=1S/C50H70O4/c1-16-48(7,8)41-26-34-20-19-21-40(47(4,5)6)23-33(32-51)22-35-27-42(49(9,10)17-2)29-37(45(35)53-14)25-39-31-43(50(11,12)18-3)30-38(46(39)54-15)24-36(28-41)44(34)52-13/h19,21,23,26-32,40H,16-18,20,22,24-25H2,1-15H3/b21-19-,33-23+. The van der Waals surface area contributed by atoms with Crippen molar-refractivity contribution in [2.24, 2.45) is 11.3 Å². The molecule has 4 nitrogen and oxygen atoms in total. The highest BCUT2D eigenvalue weighted by molar-refractivity contribution is 5.75. The van der Waals surface area contributed by atoms with Gasteiger partial charge in [0.1, 0.15) is 23.5 Å². The summed E-state index contributed by atoms with van der Waals surface area (Å²) in [6.45, 7) is 27.4. The molecular formula is C50H70O4. The van der Waals surface area contributed by atoms with E-state index in [0.717, 1.165) is 77.0 Å². The van der Waals surface area contributed by atoms with E-state index in [-0.39, 0.29) is 27.6 Å².